The van der Waals surface area contributed by atoms with Gasteiger partial charge in [-0.15, -0.1) is 0 Å². The first-order valence-corrected chi connectivity index (χ1v) is 6.52. The minimum Gasteiger partial charge on any atom is -0.378 e. The van der Waals surface area contributed by atoms with Gasteiger partial charge in [-0.25, -0.2) is 0 Å². The number of anilines is 1. The van der Waals surface area contributed by atoms with Crippen LogP contribution in [-0.4, -0.2) is 32.8 Å². The molecule has 1 aromatic carbocycles. The van der Waals surface area contributed by atoms with Crippen molar-refractivity contribution in [2.24, 2.45) is 0 Å². The van der Waals surface area contributed by atoms with Crippen molar-refractivity contribution in [3.05, 3.63) is 29.8 Å². The average molecular weight is 234 g/mol. The topological polar surface area (TPSA) is 24.5 Å². The van der Waals surface area contributed by atoms with E-state index in [4.69, 9.17) is 4.74 Å². The van der Waals surface area contributed by atoms with Crippen LogP contribution in [0.15, 0.2) is 24.3 Å². The van der Waals surface area contributed by atoms with E-state index < -0.39 is 0 Å². The zero-order valence-electron chi connectivity index (χ0n) is 10.6. The number of nitrogens with zero attached hydrogens (tertiary/aromatic N) is 1. The number of benzene rings is 1. The average Bonchev–Trinajstić information content (AvgIpc) is 2.41. The third kappa shape index (κ3) is 3.72. The Bertz CT molecular complexity index is 335. The summed E-state index contributed by atoms with van der Waals surface area (Å²) in [5.74, 6) is 0. The minimum absolute atomic E-state index is 0.846. The second-order valence-corrected chi connectivity index (χ2v) is 4.45. The van der Waals surface area contributed by atoms with Crippen LogP contribution in [0.25, 0.3) is 0 Å². The maximum Gasteiger partial charge on any atom is 0.0642 e. The van der Waals surface area contributed by atoms with Gasteiger partial charge in [0.15, 0.2) is 0 Å². The van der Waals surface area contributed by atoms with Crippen LogP contribution in [0.4, 0.5) is 5.69 Å². The van der Waals surface area contributed by atoms with Crippen molar-refractivity contribution in [1.82, 2.24) is 5.32 Å². The van der Waals surface area contributed by atoms with E-state index in [1.54, 1.807) is 0 Å². The molecule has 0 saturated carbocycles. The van der Waals surface area contributed by atoms with Gasteiger partial charge >= 0.3 is 0 Å². The molecule has 1 fully saturated rings. The summed E-state index contributed by atoms with van der Waals surface area (Å²) in [6.45, 7) is 7.94. The molecule has 1 saturated heterocycles. The Hall–Kier alpha value is -1.06. The Balaban J connectivity index is 1.95. The Morgan fingerprint density at radius 3 is 2.88 bits per heavy atom. The highest BCUT2D eigenvalue weighted by Crippen LogP contribution is 2.17. The predicted molar refractivity (Wildman–Crippen MR) is 71.5 cm³/mol. The standard InChI is InChI=1S/C14H22N2O/c1-2-6-15-12-13-4-3-5-14(11-13)16-7-9-17-10-8-16/h3-5,11,15H,2,6-10,12H2,1H3. The van der Waals surface area contributed by atoms with Crippen LogP contribution in [0.2, 0.25) is 0 Å². The van der Waals surface area contributed by atoms with E-state index in [1.807, 2.05) is 0 Å². The van der Waals surface area contributed by atoms with Crippen molar-refractivity contribution in [1.29, 1.82) is 0 Å². The zero-order valence-corrected chi connectivity index (χ0v) is 10.6. The Morgan fingerprint density at radius 2 is 2.12 bits per heavy atom. The molecular formula is C14H22N2O. The van der Waals surface area contributed by atoms with Gasteiger partial charge in [0.1, 0.15) is 0 Å². The number of morpholine rings is 1. The third-order valence-corrected chi connectivity index (χ3v) is 3.04. The summed E-state index contributed by atoms with van der Waals surface area (Å²) >= 11 is 0. The van der Waals surface area contributed by atoms with Crippen molar-refractivity contribution < 1.29 is 4.74 Å². The van der Waals surface area contributed by atoms with Gasteiger partial charge < -0.3 is 15.0 Å². The van der Waals surface area contributed by atoms with Gasteiger partial charge in [0.2, 0.25) is 0 Å². The van der Waals surface area contributed by atoms with Crippen LogP contribution in [0.5, 0.6) is 0 Å². The number of nitrogens with one attached hydrogen (secondary N) is 1. The summed E-state index contributed by atoms with van der Waals surface area (Å²) in [5.41, 5.74) is 2.69. The molecule has 0 bridgehead atoms. The van der Waals surface area contributed by atoms with Crippen LogP contribution < -0.4 is 10.2 Å². The minimum atomic E-state index is 0.846. The van der Waals surface area contributed by atoms with Gasteiger partial charge in [0.05, 0.1) is 13.2 Å². The largest absolute Gasteiger partial charge is 0.378 e. The Morgan fingerprint density at radius 1 is 1.29 bits per heavy atom. The molecule has 0 amide bonds. The van der Waals surface area contributed by atoms with Gasteiger partial charge in [0.25, 0.3) is 0 Å². The van der Waals surface area contributed by atoms with E-state index in [2.05, 4.69) is 41.4 Å². The molecule has 3 nitrogen and oxygen atoms in total. The maximum atomic E-state index is 5.38. The molecule has 1 aromatic rings. The van der Waals surface area contributed by atoms with E-state index in [-0.39, 0.29) is 0 Å². The van der Waals surface area contributed by atoms with Crippen molar-refractivity contribution in [2.45, 2.75) is 19.9 Å². The van der Waals surface area contributed by atoms with Crippen molar-refractivity contribution >= 4 is 5.69 Å². The SMILES string of the molecule is CCCNCc1cccc(N2CCOCC2)c1. The summed E-state index contributed by atoms with van der Waals surface area (Å²) < 4.78 is 5.38. The lowest BCUT2D eigenvalue weighted by molar-refractivity contribution is 0.122. The second kappa shape index (κ2) is 6.62. The van der Waals surface area contributed by atoms with E-state index in [0.29, 0.717) is 0 Å². The molecule has 3 heteroatoms. The summed E-state index contributed by atoms with van der Waals surface area (Å²) in [4.78, 5) is 2.40. The molecule has 17 heavy (non-hydrogen) atoms. The van der Waals surface area contributed by atoms with Crippen LogP contribution in [0.3, 0.4) is 0 Å². The summed E-state index contributed by atoms with van der Waals surface area (Å²) in [5, 5.41) is 3.44. The molecule has 1 aliphatic heterocycles. The van der Waals surface area contributed by atoms with Gasteiger partial charge in [-0.3, -0.25) is 0 Å². The van der Waals surface area contributed by atoms with Crippen molar-refractivity contribution in [3.63, 3.8) is 0 Å². The molecule has 0 unspecified atom stereocenters. The van der Waals surface area contributed by atoms with Crippen molar-refractivity contribution in [2.75, 3.05) is 37.7 Å². The van der Waals surface area contributed by atoms with Gasteiger partial charge in [-0.05, 0) is 30.7 Å². The number of hydrogen-bond donors (Lipinski definition) is 1. The fraction of sp³-hybridized carbons (Fsp3) is 0.571. The first-order chi connectivity index (χ1) is 8.40. The van der Waals surface area contributed by atoms with E-state index in [0.717, 1.165) is 39.4 Å². The molecule has 0 spiro atoms. The molecule has 1 N–H and O–H groups in total. The molecule has 2 rings (SSSR count). The first-order valence-electron chi connectivity index (χ1n) is 6.52. The van der Waals surface area contributed by atoms with Gasteiger partial charge in [-0.1, -0.05) is 19.1 Å². The fourth-order valence-corrected chi connectivity index (χ4v) is 2.09. The second-order valence-electron chi connectivity index (χ2n) is 4.45. The van der Waals surface area contributed by atoms with Crippen LogP contribution in [-0.2, 0) is 11.3 Å². The molecule has 1 aliphatic rings. The smallest absolute Gasteiger partial charge is 0.0642 e. The summed E-state index contributed by atoms with van der Waals surface area (Å²) in [6, 6.07) is 8.81. The number of rotatable bonds is 5. The molecule has 1 heterocycles. The van der Waals surface area contributed by atoms with Crippen LogP contribution >= 0.6 is 0 Å². The molecule has 0 radical (unpaired) electrons. The zero-order chi connectivity index (χ0) is 11.9. The molecule has 0 aliphatic carbocycles. The quantitative estimate of drug-likeness (QED) is 0.789. The highest BCUT2D eigenvalue weighted by atomic mass is 16.5. The van der Waals surface area contributed by atoms with Gasteiger partial charge in [-0.2, -0.15) is 0 Å². The summed E-state index contributed by atoms with van der Waals surface area (Å²) in [7, 11) is 0. The molecule has 0 aromatic heterocycles. The predicted octanol–water partition coefficient (Wildman–Crippen LogP) is 2.02. The Labute approximate surface area is 104 Å². The van der Waals surface area contributed by atoms with E-state index >= 15 is 0 Å². The highest BCUT2D eigenvalue weighted by Gasteiger charge is 2.10. The van der Waals surface area contributed by atoms with E-state index in [1.165, 1.54) is 17.7 Å². The lowest BCUT2D eigenvalue weighted by atomic mass is 10.1. The normalized spacial score (nSPS) is 16.2. The summed E-state index contributed by atoms with van der Waals surface area (Å²) in [6.07, 6.45) is 1.18. The lowest BCUT2D eigenvalue weighted by Gasteiger charge is -2.29. The monoisotopic (exact) mass is 234 g/mol. The number of ether oxygens (including phenoxy) is 1. The molecule has 94 valence electrons. The highest BCUT2D eigenvalue weighted by molar-refractivity contribution is 5.48. The van der Waals surface area contributed by atoms with E-state index in [9.17, 15) is 0 Å². The number of hydrogen-bond acceptors (Lipinski definition) is 3. The maximum absolute atomic E-state index is 5.38. The van der Waals surface area contributed by atoms with Crippen LogP contribution in [0.1, 0.15) is 18.9 Å². The molecular weight excluding hydrogens is 212 g/mol. The van der Waals surface area contributed by atoms with Crippen LogP contribution in [0, 0.1) is 0 Å². The third-order valence-electron chi connectivity index (χ3n) is 3.04. The Kier molecular flexibility index (Phi) is 4.83. The first kappa shape index (κ1) is 12.4. The van der Waals surface area contributed by atoms with Gasteiger partial charge in [0, 0.05) is 25.3 Å². The lowest BCUT2D eigenvalue weighted by Crippen LogP contribution is -2.36. The molecule has 0 atom stereocenters. The van der Waals surface area contributed by atoms with Crippen molar-refractivity contribution in [3.8, 4) is 0 Å². The fourth-order valence-electron chi connectivity index (χ4n) is 2.09.